The van der Waals surface area contributed by atoms with Gasteiger partial charge in [0, 0.05) is 6.54 Å². The van der Waals surface area contributed by atoms with E-state index in [1.165, 1.54) is 4.90 Å². The fourth-order valence-electron chi connectivity index (χ4n) is 3.94. The predicted molar refractivity (Wildman–Crippen MR) is 123 cm³/mol. The fourth-order valence-corrected chi connectivity index (χ4v) is 3.94. The van der Waals surface area contributed by atoms with Gasteiger partial charge in [-0.15, -0.1) is 0 Å². The molecule has 2 aromatic carbocycles. The first-order chi connectivity index (χ1) is 15.3. The molecule has 0 bridgehead atoms. The molecule has 1 N–H and O–H groups in total. The van der Waals surface area contributed by atoms with E-state index in [9.17, 15) is 9.59 Å². The summed E-state index contributed by atoms with van der Waals surface area (Å²) in [6.07, 6.45) is 0.895. The van der Waals surface area contributed by atoms with Crippen molar-refractivity contribution in [2.75, 3.05) is 18.5 Å². The first-order valence-corrected chi connectivity index (χ1v) is 11.0. The van der Waals surface area contributed by atoms with E-state index in [1.54, 1.807) is 0 Å². The Hall–Kier alpha value is -3.35. The Morgan fingerprint density at radius 3 is 2.56 bits per heavy atom. The molecular formula is C25H29N3O4. The number of hydrogen-bond acceptors (Lipinski definition) is 5. The smallest absolute Gasteiger partial charge is 0.410 e. The van der Waals surface area contributed by atoms with Gasteiger partial charge in [0.05, 0.1) is 11.3 Å². The Morgan fingerprint density at radius 2 is 1.81 bits per heavy atom. The van der Waals surface area contributed by atoms with Crippen molar-refractivity contribution in [3.8, 4) is 0 Å². The summed E-state index contributed by atoms with van der Waals surface area (Å²) in [4.78, 5) is 31.9. The van der Waals surface area contributed by atoms with E-state index in [-0.39, 0.29) is 11.9 Å². The first-order valence-electron chi connectivity index (χ1n) is 11.0. The normalized spacial score (nSPS) is 20.5. The SMILES string of the molecule is CC(C)(C)OC(=O)N1CCC[C@H]1C(=O)Nc1ccccc1C1=N[C@@H](c2ccccc2)CO1. The summed E-state index contributed by atoms with van der Waals surface area (Å²) in [5.41, 5.74) is 1.81. The monoisotopic (exact) mass is 435 g/mol. The van der Waals surface area contributed by atoms with Gasteiger partial charge in [-0.2, -0.15) is 0 Å². The lowest BCUT2D eigenvalue weighted by molar-refractivity contribution is -0.120. The van der Waals surface area contributed by atoms with Gasteiger partial charge >= 0.3 is 6.09 Å². The molecule has 1 fully saturated rings. The summed E-state index contributed by atoms with van der Waals surface area (Å²) in [5.74, 6) is 0.268. The summed E-state index contributed by atoms with van der Waals surface area (Å²) < 4.78 is 11.4. The molecule has 0 radical (unpaired) electrons. The number of para-hydroxylation sites is 1. The first kappa shape index (κ1) is 21.9. The molecule has 2 aliphatic heterocycles. The number of anilines is 1. The second-order valence-corrected chi connectivity index (χ2v) is 9.04. The summed E-state index contributed by atoms with van der Waals surface area (Å²) in [6, 6.07) is 16.8. The van der Waals surface area contributed by atoms with E-state index in [4.69, 9.17) is 14.5 Å². The third-order valence-electron chi connectivity index (χ3n) is 5.43. The number of carbonyl (C=O) groups excluding carboxylic acids is 2. The minimum atomic E-state index is -0.611. The molecule has 7 nitrogen and oxygen atoms in total. The Labute approximate surface area is 188 Å². The minimum Gasteiger partial charge on any atom is -0.475 e. The van der Waals surface area contributed by atoms with E-state index in [1.807, 2.05) is 75.4 Å². The number of rotatable bonds is 4. The van der Waals surface area contributed by atoms with Crippen molar-refractivity contribution < 1.29 is 19.1 Å². The molecule has 32 heavy (non-hydrogen) atoms. The lowest BCUT2D eigenvalue weighted by Crippen LogP contribution is -2.45. The Balaban J connectivity index is 1.50. The summed E-state index contributed by atoms with van der Waals surface area (Å²) in [7, 11) is 0. The highest BCUT2D eigenvalue weighted by Crippen LogP contribution is 2.28. The van der Waals surface area contributed by atoms with Gasteiger partial charge in [0.25, 0.3) is 0 Å². The van der Waals surface area contributed by atoms with Gasteiger partial charge in [-0.25, -0.2) is 9.79 Å². The van der Waals surface area contributed by atoms with Crippen LogP contribution < -0.4 is 5.32 Å². The summed E-state index contributed by atoms with van der Waals surface area (Å²) in [5, 5.41) is 2.98. The molecule has 2 heterocycles. The molecule has 4 rings (SSSR count). The van der Waals surface area contributed by atoms with E-state index < -0.39 is 17.7 Å². The maximum Gasteiger partial charge on any atom is 0.410 e. The largest absolute Gasteiger partial charge is 0.475 e. The molecule has 2 aromatic rings. The van der Waals surface area contributed by atoms with Crippen LogP contribution >= 0.6 is 0 Å². The van der Waals surface area contributed by atoms with Crippen molar-refractivity contribution in [2.24, 2.45) is 4.99 Å². The standard InChI is InChI=1S/C25H29N3O4/c1-25(2,3)32-24(30)28-15-9-14-21(28)22(29)26-19-13-8-7-12-18(19)23-27-20(16-31-23)17-10-5-4-6-11-17/h4-8,10-13,20-21H,9,14-16H2,1-3H3,(H,26,29)/t20-,21+/m1/s1. The number of nitrogens with zero attached hydrogens (tertiary/aromatic N) is 2. The molecule has 168 valence electrons. The average molecular weight is 436 g/mol. The van der Waals surface area contributed by atoms with E-state index in [0.29, 0.717) is 31.2 Å². The molecular weight excluding hydrogens is 406 g/mol. The highest BCUT2D eigenvalue weighted by molar-refractivity contribution is 6.05. The van der Waals surface area contributed by atoms with Crippen LogP contribution in [-0.2, 0) is 14.3 Å². The third kappa shape index (κ3) is 4.93. The fraction of sp³-hybridized carbons (Fsp3) is 0.400. The maximum absolute atomic E-state index is 13.1. The lowest BCUT2D eigenvalue weighted by Gasteiger charge is -2.28. The van der Waals surface area contributed by atoms with Crippen LogP contribution in [0.1, 0.15) is 50.8 Å². The number of amides is 2. The average Bonchev–Trinajstić information content (AvgIpc) is 3.44. The highest BCUT2D eigenvalue weighted by atomic mass is 16.6. The van der Waals surface area contributed by atoms with Gasteiger partial charge in [-0.3, -0.25) is 9.69 Å². The van der Waals surface area contributed by atoms with Crippen molar-refractivity contribution in [2.45, 2.75) is 51.3 Å². The third-order valence-corrected chi connectivity index (χ3v) is 5.43. The van der Waals surface area contributed by atoms with Gasteiger partial charge in [-0.1, -0.05) is 42.5 Å². The molecule has 0 aromatic heterocycles. The Morgan fingerprint density at radius 1 is 1.09 bits per heavy atom. The zero-order chi connectivity index (χ0) is 22.7. The van der Waals surface area contributed by atoms with Crippen LogP contribution in [0.2, 0.25) is 0 Å². The second kappa shape index (κ2) is 9.02. The van der Waals surface area contributed by atoms with E-state index >= 15 is 0 Å². The predicted octanol–water partition coefficient (Wildman–Crippen LogP) is 4.54. The molecule has 0 spiro atoms. The minimum absolute atomic E-state index is 0.0764. The number of aliphatic imine (C=N–C) groups is 1. The zero-order valence-electron chi connectivity index (χ0n) is 18.7. The second-order valence-electron chi connectivity index (χ2n) is 9.04. The Kier molecular flexibility index (Phi) is 6.17. The van der Waals surface area contributed by atoms with Crippen LogP contribution in [0, 0.1) is 0 Å². The maximum atomic E-state index is 13.1. The molecule has 2 aliphatic rings. The van der Waals surface area contributed by atoms with Crippen LogP contribution in [0.15, 0.2) is 59.6 Å². The number of carbonyl (C=O) groups is 2. The molecule has 2 amide bonds. The van der Waals surface area contributed by atoms with Crippen LogP contribution in [-0.4, -0.2) is 47.6 Å². The molecule has 0 aliphatic carbocycles. The molecule has 0 unspecified atom stereocenters. The van der Waals surface area contributed by atoms with Gasteiger partial charge < -0.3 is 14.8 Å². The molecule has 2 atom stereocenters. The van der Waals surface area contributed by atoms with E-state index in [0.717, 1.165) is 17.5 Å². The summed E-state index contributed by atoms with van der Waals surface area (Å²) in [6.45, 7) is 6.41. The molecule has 7 heteroatoms. The quantitative estimate of drug-likeness (QED) is 0.764. The van der Waals surface area contributed by atoms with Crippen molar-refractivity contribution in [1.29, 1.82) is 0 Å². The van der Waals surface area contributed by atoms with Crippen LogP contribution in [0.3, 0.4) is 0 Å². The van der Waals surface area contributed by atoms with Crippen molar-refractivity contribution >= 4 is 23.6 Å². The number of benzene rings is 2. The highest BCUT2D eigenvalue weighted by Gasteiger charge is 2.37. The van der Waals surface area contributed by atoms with Crippen molar-refractivity contribution in [1.82, 2.24) is 4.90 Å². The number of hydrogen-bond donors (Lipinski definition) is 1. The number of ether oxygens (including phenoxy) is 2. The van der Waals surface area contributed by atoms with E-state index in [2.05, 4.69) is 5.32 Å². The lowest BCUT2D eigenvalue weighted by atomic mass is 10.1. The van der Waals surface area contributed by atoms with Crippen molar-refractivity contribution in [3.05, 3.63) is 65.7 Å². The van der Waals surface area contributed by atoms with Crippen LogP contribution in [0.4, 0.5) is 10.5 Å². The topological polar surface area (TPSA) is 80.2 Å². The van der Waals surface area contributed by atoms with Crippen LogP contribution in [0.25, 0.3) is 0 Å². The molecule has 1 saturated heterocycles. The zero-order valence-corrected chi connectivity index (χ0v) is 18.7. The van der Waals surface area contributed by atoms with Gasteiger partial charge in [0.15, 0.2) is 0 Å². The van der Waals surface area contributed by atoms with Crippen LogP contribution in [0.5, 0.6) is 0 Å². The number of likely N-dealkylation sites (tertiary alicyclic amines) is 1. The van der Waals surface area contributed by atoms with Crippen molar-refractivity contribution in [3.63, 3.8) is 0 Å². The molecule has 0 saturated carbocycles. The van der Waals surface area contributed by atoms with Gasteiger partial charge in [0.1, 0.15) is 24.3 Å². The van der Waals surface area contributed by atoms with Gasteiger partial charge in [-0.05, 0) is 51.3 Å². The van der Waals surface area contributed by atoms with Gasteiger partial charge in [0.2, 0.25) is 11.8 Å². The number of nitrogens with one attached hydrogen (secondary N) is 1. The summed E-state index contributed by atoms with van der Waals surface area (Å²) >= 11 is 0. The Bertz CT molecular complexity index is 1010.